The lowest BCUT2D eigenvalue weighted by atomic mass is 9.83. The second-order valence-corrected chi connectivity index (χ2v) is 5.57. The molecule has 2 rings (SSSR count). The van der Waals surface area contributed by atoms with Gasteiger partial charge in [0.05, 0.1) is 0 Å². The number of fused-ring (bicyclic) bond motifs is 2. The minimum Gasteiger partial charge on any atom is -0.328 e. The molecule has 0 aromatic rings. The van der Waals surface area contributed by atoms with E-state index in [0.29, 0.717) is 6.04 Å². The minimum atomic E-state index is 0.499. The van der Waals surface area contributed by atoms with Gasteiger partial charge in [0, 0.05) is 6.04 Å². The van der Waals surface area contributed by atoms with Crippen molar-refractivity contribution in [1.82, 2.24) is 0 Å². The molecule has 82 valence electrons. The van der Waals surface area contributed by atoms with Crippen LogP contribution in [0, 0.1) is 17.8 Å². The maximum atomic E-state index is 6.17. The fourth-order valence-electron chi connectivity index (χ4n) is 3.64. The molecule has 14 heavy (non-hydrogen) atoms. The van der Waals surface area contributed by atoms with Crippen molar-refractivity contribution in [1.29, 1.82) is 0 Å². The summed E-state index contributed by atoms with van der Waals surface area (Å²) in [6.07, 6.45) is 11.3. The molecule has 0 aromatic carbocycles. The summed E-state index contributed by atoms with van der Waals surface area (Å²) in [6.45, 7) is 2.25. The van der Waals surface area contributed by atoms with Gasteiger partial charge in [-0.15, -0.1) is 0 Å². The number of nitrogens with two attached hydrogens (primary N) is 1. The zero-order valence-corrected chi connectivity index (χ0v) is 9.54. The van der Waals surface area contributed by atoms with Gasteiger partial charge in [-0.2, -0.15) is 0 Å². The summed E-state index contributed by atoms with van der Waals surface area (Å²) >= 11 is 0. The molecule has 2 fully saturated rings. The van der Waals surface area contributed by atoms with Crippen molar-refractivity contribution in [2.45, 2.75) is 64.3 Å². The highest BCUT2D eigenvalue weighted by Gasteiger charge is 2.39. The van der Waals surface area contributed by atoms with E-state index in [1.165, 1.54) is 51.4 Å². The largest absolute Gasteiger partial charge is 0.328 e. The molecule has 4 unspecified atom stereocenters. The van der Waals surface area contributed by atoms with Crippen molar-refractivity contribution in [3.8, 4) is 0 Å². The van der Waals surface area contributed by atoms with Gasteiger partial charge in [0.2, 0.25) is 0 Å². The molecule has 0 spiro atoms. The van der Waals surface area contributed by atoms with Gasteiger partial charge in [0.25, 0.3) is 0 Å². The van der Waals surface area contributed by atoms with Crippen LogP contribution < -0.4 is 5.73 Å². The predicted octanol–water partition coefficient (Wildman–Crippen LogP) is 3.33. The van der Waals surface area contributed by atoms with Gasteiger partial charge < -0.3 is 5.73 Å². The first-order valence-electron chi connectivity index (χ1n) is 6.55. The van der Waals surface area contributed by atoms with Crippen LogP contribution in [0.1, 0.15) is 58.3 Å². The predicted molar refractivity (Wildman–Crippen MR) is 61.1 cm³/mol. The molecule has 2 N–H and O–H groups in total. The third-order valence-electron chi connectivity index (χ3n) is 4.42. The van der Waals surface area contributed by atoms with Gasteiger partial charge in [-0.1, -0.05) is 26.2 Å². The van der Waals surface area contributed by atoms with E-state index in [-0.39, 0.29) is 0 Å². The van der Waals surface area contributed by atoms with Gasteiger partial charge in [-0.3, -0.25) is 0 Å². The highest BCUT2D eigenvalue weighted by molar-refractivity contribution is 4.91. The second-order valence-electron chi connectivity index (χ2n) is 5.57. The lowest BCUT2D eigenvalue weighted by Gasteiger charge is -2.24. The summed E-state index contributed by atoms with van der Waals surface area (Å²) in [4.78, 5) is 0. The summed E-state index contributed by atoms with van der Waals surface area (Å²) in [6, 6.07) is 0.499. The third-order valence-corrected chi connectivity index (χ3v) is 4.42. The molecule has 2 aliphatic carbocycles. The Bertz CT molecular complexity index is 178. The van der Waals surface area contributed by atoms with E-state index in [0.717, 1.165) is 17.8 Å². The summed E-state index contributed by atoms with van der Waals surface area (Å²) in [7, 11) is 0. The fourth-order valence-corrected chi connectivity index (χ4v) is 3.64. The highest BCUT2D eigenvalue weighted by Crippen LogP contribution is 2.49. The molecular weight excluding hydrogens is 170 g/mol. The van der Waals surface area contributed by atoms with Crippen LogP contribution in [-0.4, -0.2) is 6.04 Å². The molecule has 0 aliphatic heterocycles. The SMILES string of the molecule is CCCCC(N)CC1CC2CCC1C2. The van der Waals surface area contributed by atoms with E-state index in [1.807, 2.05) is 0 Å². The highest BCUT2D eigenvalue weighted by atomic mass is 14.6. The number of unbranched alkanes of at least 4 members (excludes halogenated alkanes) is 1. The van der Waals surface area contributed by atoms with Crippen molar-refractivity contribution in [3.63, 3.8) is 0 Å². The summed E-state index contributed by atoms with van der Waals surface area (Å²) in [5, 5.41) is 0. The van der Waals surface area contributed by atoms with Crippen LogP contribution >= 0.6 is 0 Å². The Hall–Kier alpha value is -0.0400. The molecule has 0 aromatic heterocycles. The van der Waals surface area contributed by atoms with Crippen LogP contribution in [0.25, 0.3) is 0 Å². The van der Waals surface area contributed by atoms with Gasteiger partial charge in [-0.05, 0) is 49.9 Å². The van der Waals surface area contributed by atoms with Crippen LogP contribution in [-0.2, 0) is 0 Å². The van der Waals surface area contributed by atoms with Crippen LogP contribution in [0.15, 0.2) is 0 Å². The Morgan fingerprint density at radius 3 is 2.71 bits per heavy atom. The van der Waals surface area contributed by atoms with Gasteiger partial charge in [0.15, 0.2) is 0 Å². The summed E-state index contributed by atoms with van der Waals surface area (Å²) < 4.78 is 0. The van der Waals surface area contributed by atoms with E-state index in [1.54, 1.807) is 0 Å². The number of rotatable bonds is 5. The van der Waals surface area contributed by atoms with Gasteiger partial charge >= 0.3 is 0 Å². The summed E-state index contributed by atoms with van der Waals surface area (Å²) in [5.74, 6) is 3.15. The molecule has 4 atom stereocenters. The Morgan fingerprint density at radius 1 is 1.29 bits per heavy atom. The molecule has 0 radical (unpaired) electrons. The van der Waals surface area contributed by atoms with Crippen molar-refractivity contribution >= 4 is 0 Å². The molecule has 2 bridgehead atoms. The molecule has 1 nitrogen and oxygen atoms in total. The van der Waals surface area contributed by atoms with E-state index in [4.69, 9.17) is 5.73 Å². The molecule has 0 heterocycles. The number of hydrogen-bond acceptors (Lipinski definition) is 1. The molecular formula is C13H25N. The zero-order chi connectivity index (χ0) is 9.97. The van der Waals surface area contributed by atoms with Crippen LogP contribution in [0.5, 0.6) is 0 Å². The molecule has 1 heteroatoms. The summed E-state index contributed by atoms with van der Waals surface area (Å²) in [5.41, 5.74) is 6.17. The Balaban J connectivity index is 1.70. The Kier molecular flexibility index (Phi) is 3.48. The first kappa shape index (κ1) is 10.5. The minimum absolute atomic E-state index is 0.499. The van der Waals surface area contributed by atoms with E-state index in [9.17, 15) is 0 Å². The zero-order valence-electron chi connectivity index (χ0n) is 9.54. The topological polar surface area (TPSA) is 26.0 Å². The number of hydrogen-bond donors (Lipinski definition) is 1. The van der Waals surface area contributed by atoms with Crippen molar-refractivity contribution < 1.29 is 0 Å². The van der Waals surface area contributed by atoms with Gasteiger partial charge in [0.1, 0.15) is 0 Å². The molecule has 0 saturated heterocycles. The van der Waals surface area contributed by atoms with E-state index < -0.39 is 0 Å². The second kappa shape index (κ2) is 4.65. The quantitative estimate of drug-likeness (QED) is 0.715. The van der Waals surface area contributed by atoms with Crippen LogP contribution in [0.3, 0.4) is 0 Å². The smallest absolute Gasteiger partial charge is 0.00415 e. The molecule has 2 aliphatic rings. The van der Waals surface area contributed by atoms with Crippen molar-refractivity contribution in [2.75, 3.05) is 0 Å². The lowest BCUT2D eigenvalue weighted by Crippen LogP contribution is -2.25. The standard InChI is InChI=1S/C13H25N/c1-2-3-4-13(14)9-12-8-10-5-6-11(12)7-10/h10-13H,2-9,14H2,1H3. The first-order valence-corrected chi connectivity index (χ1v) is 6.55. The first-order chi connectivity index (χ1) is 6.79. The van der Waals surface area contributed by atoms with E-state index >= 15 is 0 Å². The monoisotopic (exact) mass is 195 g/mol. The Labute approximate surface area is 88.4 Å². The average molecular weight is 195 g/mol. The molecule has 2 saturated carbocycles. The maximum absolute atomic E-state index is 6.17. The third kappa shape index (κ3) is 2.31. The van der Waals surface area contributed by atoms with Crippen molar-refractivity contribution in [3.05, 3.63) is 0 Å². The van der Waals surface area contributed by atoms with E-state index in [2.05, 4.69) is 6.92 Å². The normalized spacial score (nSPS) is 37.7. The lowest BCUT2D eigenvalue weighted by molar-refractivity contribution is 0.289. The Morgan fingerprint density at radius 2 is 2.14 bits per heavy atom. The molecule has 0 amide bonds. The van der Waals surface area contributed by atoms with Crippen LogP contribution in [0.2, 0.25) is 0 Å². The van der Waals surface area contributed by atoms with Crippen LogP contribution in [0.4, 0.5) is 0 Å². The fraction of sp³-hybridized carbons (Fsp3) is 1.00. The maximum Gasteiger partial charge on any atom is 0.00415 e. The average Bonchev–Trinajstić information content (AvgIpc) is 2.76. The van der Waals surface area contributed by atoms with Gasteiger partial charge in [-0.25, -0.2) is 0 Å². The van der Waals surface area contributed by atoms with Crippen molar-refractivity contribution in [2.24, 2.45) is 23.5 Å².